The molecule has 14 heavy (non-hydrogen) atoms. The zero-order chi connectivity index (χ0) is 10.3. The van der Waals surface area contributed by atoms with Gasteiger partial charge < -0.3 is 5.73 Å². The summed E-state index contributed by atoms with van der Waals surface area (Å²) in [5, 5.41) is 4.55. The summed E-state index contributed by atoms with van der Waals surface area (Å²) in [6, 6.07) is 1.59. The third kappa shape index (κ3) is 1.32. The number of anilines is 1. The van der Waals surface area contributed by atoms with Crippen LogP contribution in [0.3, 0.4) is 0 Å². The van der Waals surface area contributed by atoms with Gasteiger partial charge in [-0.2, -0.15) is 9.61 Å². The van der Waals surface area contributed by atoms with Crippen LogP contribution < -0.4 is 5.73 Å². The second kappa shape index (κ2) is 3.13. The van der Waals surface area contributed by atoms with Gasteiger partial charge in [-0.1, -0.05) is 25.4 Å². The van der Waals surface area contributed by atoms with Gasteiger partial charge in [0.2, 0.25) is 0 Å². The Hall–Kier alpha value is -1.29. The minimum absolute atomic E-state index is 0.359. The molecule has 0 aliphatic heterocycles. The predicted octanol–water partition coefficient (Wildman–Crippen LogP) is 2.09. The van der Waals surface area contributed by atoms with E-state index < -0.39 is 0 Å². The molecule has 0 saturated heterocycles. The third-order valence-corrected chi connectivity index (χ3v) is 2.31. The largest absolute Gasteiger partial charge is 0.383 e. The van der Waals surface area contributed by atoms with E-state index in [9.17, 15) is 0 Å². The number of fused-ring (bicyclic) bond motifs is 1. The maximum Gasteiger partial charge on any atom is 0.162 e. The van der Waals surface area contributed by atoms with Crippen molar-refractivity contribution in [3.8, 4) is 0 Å². The molecule has 0 unspecified atom stereocenters. The Morgan fingerprint density at radius 1 is 1.50 bits per heavy atom. The van der Waals surface area contributed by atoms with E-state index in [4.69, 9.17) is 17.3 Å². The van der Waals surface area contributed by atoms with Gasteiger partial charge in [-0.15, -0.1) is 0 Å². The zero-order valence-corrected chi connectivity index (χ0v) is 8.78. The van der Waals surface area contributed by atoms with E-state index in [0.717, 1.165) is 11.2 Å². The van der Waals surface area contributed by atoms with E-state index in [-0.39, 0.29) is 0 Å². The molecule has 4 nitrogen and oxygen atoms in total. The molecule has 0 aliphatic rings. The average Bonchev–Trinajstić information content (AvgIpc) is 2.47. The van der Waals surface area contributed by atoms with Crippen LogP contribution in [-0.2, 0) is 0 Å². The number of nitrogens with zero attached hydrogens (tertiary/aromatic N) is 3. The Morgan fingerprint density at radius 3 is 2.86 bits per heavy atom. The van der Waals surface area contributed by atoms with Crippen LogP contribution in [0.25, 0.3) is 5.65 Å². The van der Waals surface area contributed by atoms with Crippen molar-refractivity contribution < 1.29 is 0 Å². The number of nitrogens with two attached hydrogens (primary N) is 1. The third-order valence-electron chi connectivity index (χ3n) is 2.12. The van der Waals surface area contributed by atoms with E-state index in [0.29, 0.717) is 16.9 Å². The fourth-order valence-electron chi connectivity index (χ4n) is 1.38. The van der Waals surface area contributed by atoms with Gasteiger partial charge in [-0.05, 0) is 5.92 Å². The summed E-state index contributed by atoms with van der Waals surface area (Å²) >= 11 is 5.83. The molecule has 0 fully saturated rings. The average molecular weight is 211 g/mol. The van der Waals surface area contributed by atoms with Crippen molar-refractivity contribution in [1.82, 2.24) is 14.6 Å². The lowest BCUT2D eigenvalue weighted by Gasteiger charge is -2.03. The van der Waals surface area contributed by atoms with Crippen LogP contribution in [0, 0.1) is 0 Å². The lowest BCUT2D eigenvalue weighted by Crippen LogP contribution is -2.00. The van der Waals surface area contributed by atoms with Gasteiger partial charge in [0.05, 0.1) is 6.20 Å². The SMILES string of the molecule is CC(C)c1cnn2c(N)cc(Cl)nc12. The maximum atomic E-state index is 5.83. The summed E-state index contributed by atoms with van der Waals surface area (Å²) in [7, 11) is 0. The molecule has 2 heterocycles. The van der Waals surface area contributed by atoms with Crippen molar-refractivity contribution in [3.05, 3.63) is 23.0 Å². The van der Waals surface area contributed by atoms with Crippen LogP contribution >= 0.6 is 11.6 Å². The molecule has 2 rings (SSSR count). The summed E-state index contributed by atoms with van der Waals surface area (Å²) in [6.07, 6.45) is 1.78. The first-order chi connectivity index (χ1) is 6.59. The van der Waals surface area contributed by atoms with Crippen LogP contribution in [0.2, 0.25) is 5.15 Å². The van der Waals surface area contributed by atoms with Gasteiger partial charge in [0.15, 0.2) is 5.65 Å². The minimum Gasteiger partial charge on any atom is -0.383 e. The molecule has 0 aliphatic carbocycles. The van der Waals surface area contributed by atoms with E-state index >= 15 is 0 Å². The Bertz CT molecular complexity index is 475. The van der Waals surface area contributed by atoms with E-state index in [1.54, 1.807) is 16.8 Å². The number of hydrogen-bond acceptors (Lipinski definition) is 3. The molecule has 0 spiro atoms. The van der Waals surface area contributed by atoms with Crippen LogP contribution in [0.4, 0.5) is 5.82 Å². The lowest BCUT2D eigenvalue weighted by atomic mass is 10.1. The molecule has 5 heteroatoms. The molecular formula is C9H11ClN4. The molecule has 2 N–H and O–H groups in total. The van der Waals surface area contributed by atoms with Crippen LogP contribution in [0.1, 0.15) is 25.3 Å². The molecule has 0 radical (unpaired) electrons. The van der Waals surface area contributed by atoms with Gasteiger partial charge in [0.25, 0.3) is 0 Å². The lowest BCUT2D eigenvalue weighted by molar-refractivity contribution is 0.872. The summed E-state index contributed by atoms with van der Waals surface area (Å²) in [5.41, 5.74) is 7.54. The van der Waals surface area contributed by atoms with E-state index in [2.05, 4.69) is 23.9 Å². The second-order valence-electron chi connectivity index (χ2n) is 3.49. The zero-order valence-electron chi connectivity index (χ0n) is 8.03. The summed E-state index contributed by atoms with van der Waals surface area (Å²) in [6.45, 7) is 4.16. The molecular weight excluding hydrogens is 200 g/mol. The number of rotatable bonds is 1. The first-order valence-electron chi connectivity index (χ1n) is 4.39. The monoisotopic (exact) mass is 210 g/mol. The number of halogens is 1. The van der Waals surface area contributed by atoms with Crippen molar-refractivity contribution in [3.63, 3.8) is 0 Å². The normalized spacial score (nSPS) is 11.4. The van der Waals surface area contributed by atoms with Crippen molar-refractivity contribution >= 4 is 23.1 Å². The highest BCUT2D eigenvalue weighted by atomic mass is 35.5. The highest BCUT2D eigenvalue weighted by Gasteiger charge is 2.11. The van der Waals surface area contributed by atoms with Crippen LogP contribution in [-0.4, -0.2) is 14.6 Å². The standard InChI is InChI=1S/C9H11ClN4/c1-5(2)6-4-12-14-8(11)3-7(10)13-9(6)14/h3-5H,11H2,1-2H3. The Morgan fingerprint density at radius 2 is 2.21 bits per heavy atom. The van der Waals surface area contributed by atoms with E-state index in [1.807, 2.05) is 0 Å². The van der Waals surface area contributed by atoms with Crippen molar-refractivity contribution in [2.75, 3.05) is 5.73 Å². The van der Waals surface area contributed by atoms with Gasteiger partial charge >= 0.3 is 0 Å². The van der Waals surface area contributed by atoms with Crippen LogP contribution in [0.15, 0.2) is 12.3 Å². The Balaban J connectivity index is 2.78. The minimum atomic E-state index is 0.359. The first-order valence-corrected chi connectivity index (χ1v) is 4.77. The van der Waals surface area contributed by atoms with Gasteiger partial charge in [0, 0.05) is 11.6 Å². The van der Waals surface area contributed by atoms with Gasteiger partial charge in [-0.25, -0.2) is 4.98 Å². The van der Waals surface area contributed by atoms with E-state index in [1.165, 1.54) is 0 Å². The summed E-state index contributed by atoms with van der Waals surface area (Å²) in [4.78, 5) is 4.20. The second-order valence-corrected chi connectivity index (χ2v) is 3.88. The van der Waals surface area contributed by atoms with Crippen LogP contribution in [0.5, 0.6) is 0 Å². The molecule has 2 aromatic heterocycles. The first kappa shape index (κ1) is 9.27. The fraction of sp³-hybridized carbons (Fsp3) is 0.333. The smallest absolute Gasteiger partial charge is 0.162 e. The molecule has 2 aromatic rings. The molecule has 0 bridgehead atoms. The number of nitrogen functional groups attached to an aromatic ring is 1. The maximum absolute atomic E-state index is 5.83. The predicted molar refractivity (Wildman–Crippen MR) is 56.5 cm³/mol. The highest BCUT2D eigenvalue weighted by Crippen LogP contribution is 2.22. The van der Waals surface area contributed by atoms with Crippen molar-refractivity contribution in [2.24, 2.45) is 0 Å². The Kier molecular flexibility index (Phi) is 2.07. The molecule has 0 saturated carbocycles. The topological polar surface area (TPSA) is 56.2 Å². The molecule has 74 valence electrons. The quantitative estimate of drug-likeness (QED) is 0.734. The van der Waals surface area contributed by atoms with Crippen molar-refractivity contribution in [1.29, 1.82) is 0 Å². The van der Waals surface area contributed by atoms with Crippen molar-refractivity contribution in [2.45, 2.75) is 19.8 Å². The molecule has 0 amide bonds. The highest BCUT2D eigenvalue weighted by molar-refractivity contribution is 6.29. The molecule has 0 atom stereocenters. The number of aromatic nitrogens is 3. The Labute approximate surface area is 86.7 Å². The number of hydrogen-bond donors (Lipinski definition) is 1. The fourth-order valence-corrected chi connectivity index (χ4v) is 1.57. The summed E-state index contributed by atoms with van der Waals surface area (Å²) < 4.78 is 1.60. The molecule has 0 aromatic carbocycles. The van der Waals surface area contributed by atoms with Gasteiger partial charge in [0.1, 0.15) is 11.0 Å². The van der Waals surface area contributed by atoms with Gasteiger partial charge in [-0.3, -0.25) is 0 Å². The summed E-state index contributed by atoms with van der Waals surface area (Å²) in [5.74, 6) is 0.866.